The molecule has 5 heteroatoms. The van der Waals surface area contributed by atoms with Crippen molar-refractivity contribution in [1.82, 2.24) is 4.98 Å². The third-order valence-electron chi connectivity index (χ3n) is 1.15. The molecule has 0 saturated carbocycles. The van der Waals surface area contributed by atoms with Gasteiger partial charge in [-0.3, -0.25) is 0 Å². The van der Waals surface area contributed by atoms with Crippen LogP contribution in [0.2, 0.25) is 0 Å². The molecule has 4 N–H and O–H groups in total. The van der Waals surface area contributed by atoms with E-state index in [9.17, 15) is 0 Å². The molecule has 0 aliphatic carbocycles. The summed E-state index contributed by atoms with van der Waals surface area (Å²) in [6.07, 6.45) is 0. The van der Waals surface area contributed by atoms with Gasteiger partial charge in [-0.1, -0.05) is 6.58 Å². The fourth-order valence-electron chi connectivity index (χ4n) is 0.622. The summed E-state index contributed by atoms with van der Waals surface area (Å²) in [6, 6.07) is 0. The number of allylic oxidation sites excluding steroid dienone is 1. The van der Waals surface area contributed by atoms with Gasteiger partial charge in [0.1, 0.15) is 0 Å². The van der Waals surface area contributed by atoms with Crippen LogP contribution in [0.1, 0.15) is 12.6 Å². The highest BCUT2D eigenvalue weighted by Gasteiger charge is 2.00. The molecule has 1 rings (SSSR count). The van der Waals surface area contributed by atoms with Crippen LogP contribution in [0.3, 0.4) is 0 Å². The highest BCUT2D eigenvalue weighted by molar-refractivity contribution is 7.13. The van der Waals surface area contributed by atoms with E-state index in [-0.39, 0.29) is 5.96 Å². The van der Waals surface area contributed by atoms with Crippen LogP contribution in [-0.2, 0) is 0 Å². The zero-order valence-electron chi connectivity index (χ0n) is 6.74. The van der Waals surface area contributed by atoms with Crippen LogP contribution >= 0.6 is 11.3 Å². The fourth-order valence-corrected chi connectivity index (χ4v) is 1.40. The van der Waals surface area contributed by atoms with E-state index in [4.69, 9.17) is 11.5 Å². The van der Waals surface area contributed by atoms with E-state index in [1.165, 1.54) is 11.3 Å². The monoisotopic (exact) mass is 182 g/mol. The van der Waals surface area contributed by atoms with Crippen molar-refractivity contribution in [3.8, 4) is 0 Å². The van der Waals surface area contributed by atoms with E-state index in [1.807, 2.05) is 12.3 Å². The second kappa shape index (κ2) is 3.36. The van der Waals surface area contributed by atoms with Gasteiger partial charge < -0.3 is 11.5 Å². The molecule has 12 heavy (non-hydrogen) atoms. The van der Waals surface area contributed by atoms with Crippen LogP contribution in [0, 0.1) is 0 Å². The Morgan fingerprint density at radius 1 is 1.67 bits per heavy atom. The lowest BCUT2D eigenvalue weighted by atomic mass is 10.3. The summed E-state index contributed by atoms with van der Waals surface area (Å²) in [5, 5.41) is 2.43. The first-order chi connectivity index (χ1) is 5.59. The topological polar surface area (TPSA) is 77.3 Å². The van der Waals surface area contributed by atoms with E-state index < -0.39 is 0 Å². The first kappa shape index (κ1) is 8.73. The fraction of sp³-hybridized carbons (Fsp3) is 0.143. The molecule has 0 aromatic carbocycles. The number of aromatic nitrogens is 1. The van der Waals surface area contributed by atoms with Gasteiger partial charge in [0.2, 0.25) is 5.13 Å². The van der Waals surface area contributed by atoms with Crippen LogP contribution in [0.15, 0.2) is 17.0 Å². The largest absolute Gasteiger partial charge is 0.370 e. The predicted octanol–water partition coefficient (Wildman–Crippen LogP) is 1.08. The average molecular weight is 182 g/mol. The Hall–Kier alpha value is -1.36. The number of hydrogen-bond acceptors (Lipinski definition) is 3. The summed E-state index contributed by atoms with van der Waals surface area (Å²) in [6.45, 7) is 5.63. The summed E-state index contributed by atoms with van der Waals surface area (Å²) in [5.74, 6) is 0.0256. The number of aliphatic imine (C=N–C) groups is 1. The van der Waals surface area contributed by atoms with Gasteiger partial charge in [-0.15, -0.1) is 11.3 Å². The maximum Gasteiger partial charge on any atom is 0.212 e. The second-order valence-electron chi connectivity index (χ2n) is 2.33. The Balaban J connectivity index is 2.92. The van der Waals surface area contributed by atoms with Crippen LogP contribution < -0.4 is 11.5 Å². The normalized spacial score (nSPS) is 9.42. The molecule has 0 fully saturated rings. The summed E-state index contributed by atoms with van der Waals surface area (Å²) in [4.78, 5) is 7.92. The quantitative estimate of drug-likeness (QED) is 0.530. The second-order valence-corrected chi connectivity index (χ2v) is 3.17. The maximum absolute atomic E-state index is 5.18. The Morgan fingerprint density at radius 3 is 2.75 bits per heavy atom. The molecular formula is C7H10N4S. The SMILES string of the molecule is C=C(C)c1csc(N=C(N)N)n1. The molecule has 0 bridgehead atoms. The third kappa shape index (κ3) is 2.06. The lowest BCUT2D eigenvalue weighted by Crippen LogP contribution is -2.21. The van der Waals surface area contributed by atoms with Crippen molar-refractivity contribution in [3.63, 3.8) is 0 Å². The first-order valence-electron chi connectivity index (χ1n) is 3.30. The third-order valence-corrected chi connectivity index (χ3v) is 1.89. The molecule has 0 aliphatic rings. The first-order valence-corrected chi connectivity index (χ1v) is 4.18. The van der Waals surface area contributed by atoms with Crippen LogP contribution in [0.5, 0.6) is 0 Å². The molecule has 64 valence electrons. The van der Waals surface area contributed by atoms with Gasteiger partial charge in [0.15, 0.2) is 5.96 Å². The molecule has 0 spiro atoms. The molecular weight excluding hydrogens is 172 g/mol. The molecule has 0 atom stereocenters. The molecule has 0 aliphatic heterocycles. The highest BCUT2D eigenvalue weighted by Crippen LogP contribution is 2.21. The number of rotatable bonds is 2. The van der Waals surface area contributed by atoms with Crippen LogP contribution in [0.25, 0.3) is 5.57 Å². The number of thiazole rings is 1. The zero-order valence-corrected chi connectivity index (χ0v) is 7.56. The van der Waals surface area contributed by atoms with E-state index in [1.54, 1.807) is 0 Å². The average Bonchev–Trinajstić information content (AvgIpc) is 2.34. The van der Waals surface area contributed by atoms with E-state index in [0.29, 0.717) is 5.13 Å². The number of nitrogens with two attached hydrogens (primary N) is 2. The van der Waals surface area contributed by atoms with Crippen molar-refractivity contribution < 1.29 is 0 Å². The highest BCUT2D eigenvalue weighted by atomic mass is 32.1. The van der Waals surface area contributed by atoms with E-state index in [2.05, 4.69) is 16.6 Å². The Morgan fingerprint density at radius 2 is 2.33 bits per heavy atom. The maximum atomic E-state index is 5.18. The summed E-state index contributed by atoms with van der Waals surface area (Å²) >= 11 is 1.39. The molecule has 0 unspecified atom stereocenters. The van der Waals surface area contributed by atoms with Crippen molar-refractivity contribution in [1.29, 1.82) is 0 Å². The molecule has 0 amide bonds. The summed E-state index contributed by atoms with van der Waals surface area (Å²) < 4.78 is 0. The summed E-state index contributed by atoms with van der Waals surface area (Å²) in [7, 11) is 0. The van der Waals surface area contributed by atoms with Crippen molar-refractivity contribution in [2.45, 2.75) is 6.92 Å². The van der Waals surface area contributed by atoms with Gasteiger partial charge in [0.05, 0.1) is 5.69 Å². The van der Waals surface area contributed by atoms with E-state index in [0.717, 1.165) is 11.3 Å². The van der Waals surface area contributed by atoms with Crippen LogP contribution in [0.4, 0.5) is 5.13 Å². The Labute approximate surface area is 74.6 Å². The standard InChI is InChI=1S/C7H10N4S/c1-4(2)5-3-12-7(10-5)11-6(8)9/h3H,1H2,2H3,(H4,8,9,10,11). The van der Waals surface area contributed by atoms with Crippen molar-refractivity contribution in [2.24, 2.45) is 16.5 Å². The molecule has 0 saturated heterocycles. The Kier molecular flexibility index (Phi) is 2.44. The molecule has 4 nitrogen and oxygen atoms in total. The zero-order chi connectivity index (χ0) is 9.14. The van der Waals surface area contributed by atoms with Gasteiger partial charge in [-0.05, 0) is 12.5 Å². The minimum Gasteiger partial charge on any atom is -0.370 e. The lowest BCUT2D eigenvalue weighted by Gasteiger charge is -1.88. The van der Waals surface area contributed by atoms with Crippen molar-refractivity contribution in [3.05, 3.63) is 17.7 Å². The van der Waals surface area contributed by atoms with Crippen molar-refractivity contribution in [2.75, 3.05) is 0 Å². The van der Waals surface area contributed by atoms with Crippen LogP contribution in [-0.4, -0.2) is 10.9 Å². The number of nitrogens with zero attached hydrogens (tertiary/aromatic N) is 2. The lowest BCUT2D eigenvalue weighted by molar-refractivity contribution is 1.29. The van der Waals surface area contributed by atoms with Crippen molar-refractivity contribution >= 4 is 28.0 Å². The van der Waals surface area contributed by atoms with E-state index >= 15 is 0 Å². The van der Waals surface area contributed by atoms with Gasteiger partial charge >= 0.3 is 0 Å². The molecule has 1 aromatic heterocycles. The number of guanidine groups is 1. The minimum absolute atomic E-state index is 0.0256. The van der Waals surface area contributed by atoms with Gasteiger partial charge in [0.25, 0.3) is 0 Å². The Bertz CT molecular complexity index is 322. The minimum atomic E-state index is 0.0256. The predicted molar refractivity (Wildman–Crippen MR) is 52.3 cm³/mol. The smallest absolute Gasteiger partial charge is 0.212 e. The van der Waals surface area contributed by atoms with Gasteiger partial charge in [0, 0.05) is 5.38 Å². The van der Waals surface area contributed by atoms with Gasteiger partial charge in [-0.25, -0.2) is 4.98 Å². The molecule has 1 aromatic rings. The molecule has 1 heterocycles. The number of hydrogen-bond donors (Lipinski definition) is 2. The summed E-state index contributed by atoms with van der Waals surface area (Å²) in [5.41, 5.74) is 12.1. The molecule has 0 radical (unpaired) electrons. The van der Waals surface area contributed by atoms with Gasteiger partial charge in [-0.2, -0.15) is 4.99 Å².